The molecule has 1 saturated carbocycles. The average molecular weight is 467 g/mol. The fraction of sp³-hybridized carbons (Fsp3) is 0.172. The van der Waals surface area contributed by atoms with Gasteiger partial charge in [0.25, 0.3) is 0 Å². The molecule has 0 spiro atoms. The minimum absolute atomic E-state index is 0.0215. The number of Topliss-reactive ketones (excluding diaryl/α,β-unsaturated/α-hetero) is 1. The van der Waals surface area contributed by atoms with Crippen molar-refractivity contribution in [2.75, 3.05) is 0 Å². The molecule has 6 rings (SSSR count). The van der Waals surface area contributed by atoms with E-state index in [4.69, 9.17) is 4.42 Å². The Morgan fingerprint density at radius 2 is 2.06 bits per heavy atom. The summed E-state index contributed by atoms with van der Waals surface area (Å²) >= 11 is 0. The van der Waals surface area contributed by atoms with Crippen LogP contribution in [0.5, 0.6) is 0 Å². The number of aromatic nitrogens is 1. The summed E-state index contributed by atoms with van der Waals surface area (Å²) in [5, 5.41) is 11.0. The van der Waals surface area contributed by atoms with Crippen LogP contribution in [-0.4, -0.2) is 21.4 Å². The number of nitrogens with zero attached hydrogens (tertiary/aromatic N) is 1. The molecule has 2 aromatic heterocycles. The van der Waals surface area contributed by atoms with Crippen molar-refractivity contribution in [2.24, 2.45) is 11.8 Å². The van der Waals surface area contributed by atoms with E-state index in [1.165, 1.54) is 6.07 Å². The van der Waals surface area contributed by atoms with Gasteiger partial charge in [-0.05, 0) is 61.2 Å². The Kier molecular flexibility index (Phi) is 4.85. The van der Waals surface area contributed by atoms with E-state index in [2.05, 4.69) is 0 Å². The number of furan rings is 1. The zero-order chi connectivity index (χ0) is 24.3. The monoisotopic (exact) mass is 467 g/mol. The van der Waals surface area contributed by atoms with Crippen LogP contribution in [0.3, 0.4) is 0 Å². The highest BCUT2D eigenvalue weighted by Gasteiger charge is 2.44. The van der Waals surface area contributed by atoms with Crippen molar-refractivity contribution in [1.82, 2.24) is 4.57 Å². The van der Waals surface area contributed by atoms with E-state index in [-0.39, 0.29) is 29.9 Å². The van der Waals surface area contributed by atoms with Crippen LogP contribution in [0, 0.1) is 24.6 Å². The molecule has 1 N–H and O–H groups in total. The number of aryl methyl sites for hydroxylation is 1. The fourth-order valence-corrected chi connectivity index (χ4v) is 5.07. The first-order chi connectivity index (χ1) is 16.9. The molecule has 0 bridgehead atoms. The van der Waals surface area contributed by atoms with Crippen molar-refractivity contribution in [3.63, 3.8) is 0 Å². The highest BCUT2D eigenvalue weighted by molar-refractivity contribution is 6.28. The summed E-state index contributed by atoms with van der Waals surface area (Å²) in [4.78, 5) is 26.1. The Labute approximate surface area is 200 Å². The third-order valence-corrected chi connectivity index (χ3v) is 6.94. The fourth-order valence-electron chi connectivity index (χ4n) is 5.07. The smallest absolute Gasteiger partial charge is 0.353 e. The van der Waals surface area contributed by atoms with Crippen LogP contribution in [0.2, 0.25) is 0 Å². The second-order valence-corrected chi connectivity index (χ2v) is 9.25. The number of allylic oxidation sites excluding steroid dienone is 4. The molecule has 4 aromatic rings. The number of carbonyl (C=O) groups is 2. The first-order valence-corrected chi connectivity index (χ1v) is 11.5. The van der Waals surface area contributed by atoms with Gasteiger partial charge in [0.05, 0.1) is 12.8 Å². The zero-order valence-electron chi connectivity index (χ0n) is 19.0. The van der Waals surface area contributed by atoms with Crippen molar-refractivity contribution < 1.29 is 23.5 Å². The van der Waals surface area contributed by atoms with Crippen LogP contribution < -0.4 is 0 Å². The Morgan fingerprint density at radius 3 is 2.80 bits per heavy atom. The number of carbonyl (C=O) groups excluding carboxylic acids is 1. The normalized spacial score (nSPS) is 18.9. The number of halogens is 1. The molecule has 0 radical (unpaired) electrons. The lowest BCUT2D eigenvalue weighted by Gasteiger charge is -2.11. The molecule has 2 aliphatic rings. The van der Waals surface area contributed by atoms with E-state index in [1.54, 1.807) is 42.0 Å². The van der Waals surface area contributed by atoms with Gasteiger partial charge in [0.15, 0.2) is 5.78 Å². The lowest BCUT2D eigenvalue weighted by molar-refractivity contribution is -0.115. The van der Waals surface area contributed by atoms with E-state index in [0.717, 1.165) is 17.5 Å². The van der Waals surface area contributed by atoms with Gasteiger partial charge in [-0.25, -0.2) is 9.18 Å². The molecule has 1 unspecified atom stereocenters. The van der Waals surface area contributed by atoms with E-state index in [1.807, 2.05) is 36.4 Å². The van der Waals surface area contributed by atoms with Crippen molar-refractivity contribution >= 4 is 28.2 Å². The van der Waals surface area contributed by atoms with Crippen molar-refractivity contribution in [2.45, 2.75) is 19.9 Å². The van der Waals surface area contributed by atoms with Gasteiger partial charge >= 0.3 is 5.97 Å². The van der Waals surface area contributed by atoms with Gasteiger partial charge in [0, 0.05) is 39.1 Å². The topological polar surface area (TPSA) is 72.4 Å². The molecule has 1 fully saturated rings. The molecule has 5 nitrogen and oxygen atoms in total. The van der Waals surface area contributed by atoms with Crippen LogP contribution in [0.25, 0.3) is 27.8 Å². The van der Waals surface area contributed by atoms with Crippen LogP contribution in [0.15, 0.2) is 77.4 Å². The molecule has 2 heterocycles. The second-order valence-electron chi connectivity index (χ2n) is 9.25. The molecular weight excluding hydrogens is 445 g/mol. The summed E-state index contributed by atoms with van der Waals surface area (Å²) < 4.78 is 22.0. The van der Waals surface area contributed by atoms with Crippen molar-refractivity contribution in [1.29, 1.82) is 0 Å². The second kappa shape index (κ2) is 7.94. The third kappa shape index (κ3) is 3.53. The van der Waals surface area contributed by atoms with Crippen LogP contribution >= 0.6 is 0 Å². The van der Waals surface area contributed by atoms with Gasteiger partial charge in [0.1, 0.15) is 17.3 Å². The summed E-state index contributed by atoms with van der Waals surface area (Å²) in [6.45, 7) is 1.82. The quantitative estimate of drug-likeness (QED) is 0.376. The molecular formula is C29H22FNO4. The van der Waals surface area contributed by atoms with Crippen molar-refractivity contribution in [3.8, 4) is 11.3 Å². The summed E-state index contributed by atoms with van der Waals surface area (Å²) in [5.41, 5.74) is 3.27. The number of benzene rings is 2. The molecule has 0 aliphatic heterocycles. The Morgan fingerprint density at radius 1 is 1.20 bits per heavy atom. The van der Waals surface area contributed by atoms with E-state index in [9.17, 15) is 19.1 Å². The summed E-state index contributed by atoms with van der Waals surface area (Å²) in [7, 11) is 0. The Bertz CT molecular complexity index is 1570. The largest absolute Gasteiger partial charge is 0.477 e. The summed E-state index contributed by atoms with van der Waals surface area (Å²) in [5.74, 6) is -0.897. The molecule has 2 atom stereocenters. The Balaban J connectivity index is 1.63. The molecule has 0 amide bonds. The number of rotatable bonds is 5. The molecule has 0 saturated heterocycles. The van der Waals surface area contributed by atoms with Gasteiger partial charge in [-0.2, -0.15) is 0 Å². The standard InChI is InChI=1S/C29H22FNO4/c1-16-7-8-19(23(30)12-16)15-31-24-10-9-18(25-6-3-11-35-25)14-22(24)26(27(31)29(33)34)20-5-2-4-17-13-21(17)28(20)32/h2-12,14,17,21H,13,15H2,1H3,(H,33,34)/t17?,21-/m0/s1. The lowest BCUT2D eigenvalue weighted by Crippen LogP contribution is -2.14. The Hall–Kier alpha value is -4.19. The molecule has 6 heteroatoms. The molecule has 174 valence electrons. The maximum Gasteiger partial charge on any atom is 0.353 e. The van der Waals surface area contributed by atoms with Gasteiger partial charge in [-0.15, -0.1) is 0 Å². The minimum Gasteiger partial charge on any atom is -0.477 e. The van der Waals surface area contributed by atoms with E-state index < -0.39 is 11.8 Å². The molecule has 2 aromatic carbocycles. The van der Waals surface area contributed by atoms with E-state index in [0.29, 0.717) is 33.4 Å². The molecule has 35 heavy (non-hydrogen) atoms. The maximum atomic E-state index is 14.8. The van der Waals surface area contributed by atoms with Crippen LogP contribution in [0.4, 0.5) is 4.39 Å². The van der Waals surface area contributed by atoms with Gasteiger partial charge < -0.3 is 14.1 Å². The number of aromatic carboxylic acids is 1. The number of hydrogen-bond donors (Lipinski definition) is 1. The highest BCUT2D eigenvalue weighted by Crippen LogP contribution is 2.47. The minimum atomic E-state index is -1.17. The van der Waals surface area contributed by atoms with Crippen LogP contribution in [0.1, 0.15) is 33.6 Å². The number of hydrogen-bond acceptors (Lipinski definition) is 3. The number of carboxylic acids is 1. The lowest BCUT2D eigenvalue weighted by atomic mass is 9.94. The van der Waals surface area contributed by atoms with Gasteiger partial charge in [-0.1, -0.05) is 30.4 Å². The maximum absolute atomic E-state index is 14.8. The van der Waals surface area contributed by atoms with Crippen LogP contribution in [-0.2, 0) is 11.3 Å². The van der Waals surface area contributed by atoms with Gasteiger partial charge in [0.2, 0.25) is 0 Å². The van der Waals surface area contributed by atoms with Gasteiger partial charge in [-0.3, -0.25) is 4.79 Å². The van der Waals surface area contributed by atoms with Crippen molar-refractivity contribution in [3.05, 3.63) is 101 Å². The highest BCUT2D eigenvalue weighted by atomic mass is 19.1. The zero-order valence-corrected chi connectivity index (χ0v) is 19.0. The van der Waals surface area contributed by atoms with E-state index >= 15 is 0 Å². The summed E-state index contributed by atoms with van der Waals surface area (Å²) in [6, 6.07) is 14.0. The third-order valence-electron chi connectivity index (χ3n) is 6.94. The first kappa shape index (κ1) is 21.4. The molecule has 2 aliphatic carbocycles. The number of ketones is 1. The predicted octanol–water partition coefficient (Wildman–Crippen LogP) is 6.25. The first-order valence-electron chi connectivity index (χ1n) is 11.5. The summed E-state index contributed by atoms with van der Waals surface area (Å²) in [6.07, 6.45) is 7.91. The number of fused-ring (bicyclic) bond motifs is 2. The number of carboxylic acid groups (broad SMARTS) is 1. The SMILES string of the molecule is Cc1ccc(Cn2c(C(=O)O)c(C3=CC=CC4C[C@@H]4C3=O)c3cc(-c4ccco4)ccc32)c(F)c1. The average Bonchev–Trinajstić information content (AvgIpc) is 3.29. The predicted molar refractivity (Wildman–Crippen MR) is 131 cm³/mol.